The molecule has 0 aliphatic rings. The second-order valence-corrected chi connectivity index (χ2v) is 5.97. The maximum atomic E-state index is 4.44. The molecule has 6 N–H and O–H groups in total. The molecule has 1 aromatic rings. The van der Waals surface area contributed by atoms with Crippen LogP contribution in [0.15, 0.2) is 11.6 Å². The molecular weight excluding hydrogens is 218 g/mol. The van der Waals surface area contributed by atoms with Crippen molar-refractivity contribution in [3.05, 3.63) is 16.6 Å². The van der Waals surface area contributed by atoms with Crippen LogP contribution in [0.3, 0.4) is 0 Å². The fraction of sp³-hybridized carbons (Fsp3) is 0.750. The molecule has 1 heterocycles. The van der Waals surface area contributed by atoms with E-state index in [-0.39, 0.29) is 12.3 Å². The van der Waals surface area contributed by atoms with E-state index >= 15 is 0 Å². The van der Waals surface area contributed by atoms with Crippen LogP contribution in [0.2, 0.25) is 0 Å². The van der Waals surface area contributed by atoms with Gasteiger partial charge in [-0.2, -0.15) is 0 Å². The van der Waals surface area contributed by atoms with Crippen LogP contribution in [0.1, 0.15) is 52.0 Å². The Bertz CT molecular complexity index is 264. The summed E-state index contributed by atoms with van der Waals surface area (Å²) in [4.78, 5) is 4.44. The van der Waals surface area contributed by atoms with Crippen LogP contribution in [-0.4, -0.2) is 4.98 Å². The summed E-state index contributed by atoms with van der Waals surface area (Å²) in [5.74, 6) is 1.30. The Balaban J connectivity index is 0. The number of thiazole rings is 1. The third-order valence-electron chi connectivity index (χ3n) is 3.18. The lowest BCUT2D eigenvalue weighted by Crippen LogP contribution is -2.23. The average molecular weight is 245 g/mol. The van der Waals surface area contributed by atoms with Gasteiger partial charge in [0.05, 0.1) is 5.01 Å². The molecule has 0 amide bonds. The molecule has 0 fully saturated rings. The summed E-state index contributed by atoms with van der Waals surface area (Å²) < 4.78 is 0. The van der Waals surface area contributed by atoms with Crippen LogP contribution >= 0.6 is 11.3 Å². The van der Waals surface area contributed by atoms with E-state index in [1.54, 1.807) is 11.3 Å². The highest BCUT2D eigenvalue weighted by molar-refractivity contribution is 7.09. The average Bonchev–Trinajstić information content (AvgIpc) is 2.57. The van der Waals surface area contributed by atoms with Gasteiger partial charge in [-0.1, -0.05) is 34.6 Å². The van der Waals surface area contributed by atoms with Crippen LogP contribution in [0.4, 0.5) is 0 Å². The molecule has 0 aliphatic carbocycles. The highest BCUT2D eigenvalue weighted by atomic mass is 32.1. The first-order chi connectivity index (χ1) is 6.46. The summed E-state index contributed by atoms with van der Waals surface area (Å²) in [6.07, 6.45) is 3.10. The van der Waals surface area contributed by atoms with Crippen molar-refractivity contribution >= 4 is 11.3 Å². The molecule has 2 atom stereocenters. The zero-order valence-corrected chi connectivity index (χ0v) is 12.1. The van der Waals surface area contributed by atoms with Crippen molar-refractivity contribution in [2.24, 2.45) is 11.3 Å². The van der Waals surface area contributed by atoms with Crippen LogP contribution < -0.4 is 12.3 Å². The minimum atomic E-state index is 0. The first-order valence-corrected chi connectivity index (χ1v) is 6.24. The summed E-state index contributed by atoms with van der Waals surface area (Å²) in [5.41, 5.74) is 0.367. The molecule has 3 nitrogen and oxygen atoms in total. The molecule has 96 valence electrons. The summed E-state index contributed by atoms with van der Waals surface area (Å²) >= 11 is 1.79. The lowest BCUT2D eigenvalue weighted by Gasteiger charge is -2.32. The molecule has 4 heteroatoms. The second-order valence-electron chi connectivity index (χ2n) is 5.04. The van der Waals surface area contributed by atoms with Crippen LogP contribution in [0.5, 0.6) is 0 Å². The SMILES string of the molecule is CCC(c1nccs1)C(C)C(C)(C)C.N.N. The normalized spacial score (nSPS) is 14.6. The molecule has 2 unspecified atom stereocenters. The summed E-state index contributed by atoms with van der Waals surface area (Å²) in [6.45, 7) is 11.5. The van der Waals surface area contributed by atoms with E-state index in [0.717, 1.165) is 0 Å². The number of rotatable bonds is 3. The smallest absolute Gasteiger partial charge is 0.0958 e. The van der Waals surface area contributed by atoms with Crippen molar-refractivity contribution in [3.63, 3.8) is 0 Å². The van der Waals surface area contributed by atoms with Crippen molar-refractivity contribution in [3.8, 4) is 0 Å². The van der Waals surface area contributed by atoms with Gasteiger partial charge in [-0.05, 0) is 17.8 Å². The molecule has 16 heavy (non-hydrogen) atoms. The van der Waals surface area contributed by atoms with E-state index in [1.165, 1.54) is 11.4 Å². The van der Waals surface area contributed by atoms with Crippen LogP contribution in [0.25, 0.3) is 0 Å². The van der Waals surface area contributed by atoms with E-state index in [9.17, 15) is 0 Å². The van der Waals surface area contributed by atoms with Gasteiger partial charge in [0, 0.05) is 17.5 Å². The highest BCUT2D eigenvalue weighted by Gasteiger charge is 2.29. The molecular formula is C12H27N3S. The minimum Gasteiger partial charge on any atom is -0.344 e. The molecule has 0 saturated carbocycles. The first-order valence-electron chi connectivity index (χ1n) is 5.36. The lowest BCUT2D eigenvalue weighted by molar-refractivity contribution is 0.216. The van der Waals surface area contributed by atoms with Crippen LogP contribution in [0, 0.1) is 11.3 Å². The Morgan fingerprint density at radius 2 is 1.88 bits per heavy atom. The summed E-state index contributed by atoms with van der Waals surface area (Å²) in [5, 5.41) is 3.38. The third-order valence-corrected chi connectivity index (χ3v) is 4.09. The van der Waals surface area contributed by atoms with Crippen molar-refractivity contribution in [1.82, 2.24) is 17.3 Å². The largest absolute Gasteiger partial charge is 0.344 e. The molecule has 0 saturated heterocycles. The molecule has 0 bridgehead atoms. The second kappa shape index (κ2) is 6.99. The Hall–Kier alpha value is -0.450. The molecule has 0 aliphatic heterocycles. The van der Waals surface area contributed by atoms with Crippen molar-refractivity contribution < 1.29 is 0 Å². The molecule has 0 aromatic carbocycles. The Labute approximate surface area is 104 Å². The van der Waals surface area contributed by atoms with Crippen LogP contribution in [-0.2, 0) is 0 Å². The quantitative estimate of drug-likeness (QED) is 0.813. The van der Waals surface area contributed by atoms with E-state index in [2.05, 4.69) is 45.0 Å². The Kier molecular flexibility index (Phi) is 7.83. The van der Waals surface area contributed by atoms with Gasteiger partial charge in [-0.25, -0.2) is 4.98 Å². The summed E-state index contributed by atoms with van der Waals surface area (Å²) in [7, 11) is 0. The van der Waals surface area contributed by atoms with Gasteiger partial charge in [-0.15, -0.1) is 11.3 Å². The minimum absolute atomic E-state index is 0. The van der Waals surface area contributed by atoms with E-state index in [4.69, 9.17) is 0 Å². The molecule has 1 rings (SSSR count). The van der Waals surface area contributed by atoms with Crippen molar-refractivity contribution in [2.75, 3.05) is 0 Å². The first kappa shape index (κ1) is 17.9. The lowest BCUT2D eigenvalue weighted by atomic mass is 9.73. The third kappa shape index (κ3) is 4.20. The topological polar surface area (TPSA) is 82.9 Å². The van der Waals surface area contributed by atoms with E-state index < -0.39 is 0 Å². The maximum Gasteiger partial charge on any atom is 0.0958 e. The van der Waals surface area contributed by atoms with E-state index in [0.29, 0.717) is 17.3 Å². The maximum absolute atomic E-state index is 4.44. The van der Waals surface area contributed by atoms with Crippen molar-refractivity contribution in [2.45, 2.75) is 47.0 Å². The Morgan fingerprint density at radius 3 is 2.19 bits per heavy atom. The monoisotopic (exact) mass is 245 g/mol. The molecule has 0 spiro atoms. The predicted octanol–water partition coefficient (Wildman–Crippen LogP) is 4.64. The summed E-state index contributed by atoms with van der Waals surface area (Å²) in [6, 6.07) is 0. The van der Waals surface area contributed by atoms with E-state index in [1.807, 2.05) is 6.20 Å². The Morgan fingerprint density at radius 1 is 1.31 bits per heavy atom. The standard InChI is InChI=1S/C12H21NS.2H3N/c1-6-10(9(2)12(3,4)5)11-13-7-8-14-11;;/h7-10H,6H2,1-5H3;2*1H3. The predicted molar refractivity (Wildman–Crippen MR) is 73.8 cm³/mol. The highest BCUT2D eigenvalue weighted by Crippen LogP contribution is 2.39. The number of hydrogen-bond donors (Lipinski definition) is 2. The van der Waals surface area contributed by atoms with Gasteiger partial charge in [0.15, 0.2) is 0 Å². The number of aromatic nitrogens is 1. The molecule has 1 aromatic heterocycles. The fourth-order valence-electron chi connectivity index (χ4n) is 1.76. The number of nitrogens with zero attached hydrogens (tertiary/aromatic N) is 1. The number of hydrogen-bond acceptors (Lipinski definition) is 4. The molecule has 0 radical (unpaired) electrons. The van der Waals surface area contributed by atoms with Gasteiger partial charge in [0.25, 0.3) is 0 Å². The van der Waals surface area contributed by atoms with Crippen molar-refractivity contribution in [1.29, 1.82) is 0 Å². The van der Waals surface area contributed by atoms with Gasteiger partial charge >= 0.3 is 0 Å². The zero-order chi connectivity index (χ0) is 10.8. The zero-order valence-electron chi connectivity index (χ0n) is 11.3. The van der Waals surface area contributed by atoms with Gasteiger partial charge < -0.3 is 12.3 Å². The van der Waals surface area contributed by atoms with Gasteiger partial charge in [0.2, 0.25) is 0 Å². The van der Waals surface area contributed by atoms with Gasteiger partial charge in [0.1, 0.15) is 0 Å². The van der Waals surface area contributed by atoms with Gasteiger partial charge in [-0.3, -0.25) is 0 Å². The fourth-order valence-corrected chi connectivity index (χ4v) is 2.69.